The first-order valence-corrected chi connectivity index (χ1v) is 8.20. The Balaban J connectivity index is 1.74. The number of hydrogen-bond donors (Lipinski definition) is 1. The van der Waals surface area contributed by atoms with Crippen molar-refractivity contribution in [2.45, 2.75) is 38.6 Å². The molecular weight excluding hydrogens is 300 g/mol. The van der Waals surface area contributed by atoms with Crippen molar-refractivity contribution in [2.75, 3.05) is 0 Å². The maximum atomic E-state index is 12.2. The summed E-state index contributed by atoms with van der Waals surface area (Å²) in [4.78, 5) is 29.5. The molecule has 1 unspecified atom stereocenters. The van der Waals surface area contributed by atoms with E-state index in [1.807, 2.05) is 6.92 Å². The van der Waals surface area contributed by atoms with E-state index in [-0.39, 0.29) is 23.2 Å². The van der Waals surface area contributed by atoms with Crippen LogP contribution >= 0.6 is 11.3 Å². The predicted molar refractivity (Wildman–Crippen MR) is 84.1 cm³/mol. The lowest BCUT2D eigenvalue weighted by Crippen LogP contribution is -2.30. The minimum atomic E-state index is -0.295. The summed E-state index contributed by atoms with van der Waals surface area (Å²) in [7, 11) is 1.53. The Kier molecular flexibility index (Phi) is 4.06. The number of aryl methyl sites for hydroxylation is 3. The molecule has 1 atom stereocenters. The molecule has 0 saturated carbocycles. The normalized spacial score (nSPS) is 15.2. The molecule has 0 radical (unpaired) electrons. The Morgan fingerprint density at radius 3 is 2.86 bits per heavy atom. The molecule has 0 bridgehead atoms. The molecular formula is C15H18N4O2S. The van der Waals surface area contributed by atoms with E-state index in [0.717, 1.165) is 22.5 Å². The van der Waals surface area contributed by atoms with Gasteiger partial charge in [-0.05, 0) is 38.7 Å². The van der Waals surface area contributed by atoms with Crippen LogP contribution in [0.4, 0.5) is 0 Å². The highest BCUT2D eigenvalue weighted by atomic mass is 32.1. The van der Waals surface area contributed by atoms with Gasteiger partial charge < -0.3 is 5.32 Å². The smallest absolute Gasteiger partial charge is 0.272 e. The summed E-state index contributed by atoms with van der Waals surface area (Å²) in [6, 6.07) is 2.62. The molecule has 1 N–H and O–H groups in total. The Morgan fingerprint density at radius 1 is 1.36 bits per heavy atom. The van der Waals surface area contributed by atoms with Gasteiger partial charge in [-0.15, -0.1) is 11.3 Å². The number of carbonyl (C=O) groups is 1. The molecule has 0 saturated heterocycles. The summed E-state index contributed by atoms with van der Waals surface area (Å²) >= 11 is 1.68. The lowest BCUT2D eigenvalue weighted by molar-refractivity contribution is 0.0932. The molecule has 0 aromatic carbocycles. The van der Waals surface area contributed by atoms with Crippen molar-refractivity contribution in [3.8, 4) is 0 Å². The van der Waals surface area contributed by atoms with Crippen LogP contribution in [0.3, 0.4) is 0 Å². The zero-order valence-corrected chi connectivity index (χ0v) is 13.4. The summed E-state index contributed by atoms with van der Waals surface area (Å²) in [6.07, 6.45) is 4.54. The summed E-state index contributed by atoms with van der Waals surface area (Å²) in [5, 5.41) is 7.79. The molecule has 2 heterocycles. The van der Waals surface area contributed by atoms with Crippen LogP contribution in [0.1, 0.15) is 51.9 Å². The van der Waals surface area contributed by atoms with Crippen LogP contribution in [0.5, 0.6) is 0 Å². The minimum absolute atomic E-state index is 0.165. The molecule has 1 aliphatic rings. The molecule has 3 rings (SSSR count). The molecule has 6 nitrogen and oxygen atoms in total. The van der Waals surface area contributed by atoms with E-state index in [9.17, 15) is 9.59 Å². The minimum Gasteiger partial charge on any atom is -0.342 e. The molecule has 7 heteroatoms. The predicted octanol–water partition coefficient (Wildman–Crippen LogP) is 1.61. The highest BCUT2D eigenvalue weighted by molar-refractivity contribution is 7.11. The van der Waals surface area contributed by atoms with Crippen LogP contribution in [0.2, 0.25) is 0 Å². The van der Waals surface area contributed by atoms with Crippen LogP contribution in [-0.4, -0.2) is 20.7 Å². The molecule has 0 fully saturated rings. The second kappa shape index (κ2) is 6.00. The first kappa shape index (κ1) is 14.9. The lowest BCUT2D eigenvalue weighted by Gasteiger charge is -2.11. The summed E-state index contributed by atoms with van der Waals surface area (Å²) < 4.78 is 1.15. The van der Waals surface area contributed by atoms with Gasteiger partial charge in [0.05, 0.1) is 11.7 Å². The molecule has 1 aliphatic carbocycles. The zero-order chi connectivity index (χ0) is 15.7. The molecule has 1 amide bonds. The van der Waals surface area contributed by atoms with Gasteiger partial charge in [-0.25, -0.2) is 9.67 Å². The van der Waals surface area contributed by atoms with E-state index in [4.69, 9.17) is 0 Å². The standard InChI is InChI=1S/C15H18N4O2S/c1-9(15-17-10-5-3-4-6-12(10)22-15)16-14(21)11-7-8-13(20)19(2)18-11/h7-9H,3-6H2,1-2H3,(H,16,21). The van der Waals surface area contributed by atoms with E-state index in [1.165, 1.54) is 42.6 Å². The molecule has 0 spiro atoms. The molecule has 116 valence electrons. The van der Waals surface area contributed by atoms with Crippen LogP contribution in [-0.2, 0) is 19.9 Å². The summed E-state index contributed by atoms with van der Waals surface area (Å²) in [5.41, 5.74) is 1.18. The van der Waals surface area contributed by atoms with Crippen LogP contribution < -0.4 is 10.9 Å². The Labute approximate surface area is 132 Å². The van der Waals surface area contributed by atoms with E-state index in [0.29, 0.717) is 0 Å². The lowest BCUT2D eigenvalue weighted by atomic mass is 10.0. The van der Waals surface area contributed by atoms with Gasteiger partial charge in [0.25, 0.3) is 11.5 Å². The number of hydrogen-bond acceptors (Lipinski definition) is 5. The highest BCUT2D eigenvalue weighted by Gasteiger charge is 2.20. The van der Waals surface area contributed by atoms with Crippen LogP contribution in [0, 0.1) is 0 Å². The van der Waals surface area contributed by atoms with Crippen molar-refractivity contribution in [1.82, 2.24) is 20.1 Å². The summed E-state index contributed by atoms with van der Waals surface area (Å²) in [6.45, 7) is 1.92. The number of aromatic nitrogens is 3. The van der Waals surface area contributed by atoms with Gasteiger partial charge in [-0.3, -0.25) is 9.59 Å². The van der Waals surface area contributed by atoms with E-state index < -0.39 is 0 Å². The first-order chi connectivity index (χ1) is 10.5. The third kappa shape index (κ3) is 2.94. The highest BCUT2D eigenvalue weighted by Crippen LogP contribution is 2.29. The summed E-state index contributed by atoms with van der Waals surface area (Å²) in [5.74, 6) is -0.295. The van der Waals surface area contributed by atoms with Gasteiger partial charge in [-0.2, -0.15) is 5.10 Å². The number of nitrogens with zero attached hydrogens (tertiary/aromatic N) is 3. The van der Waals surface area contributed by atoms with E-state index >= 15 is 0 Å². The molecule has 2 aromatic heterocycles. The second-order valence-corrected chi connectivity index (χ2v) is 6.62. The Morgan fingerprint density at radius 2 is 2.14 bits per heavy atom. The van der Waals surface area contributed by atoms with E-state index in [1.54, 1.807) is 11.3 Å². The average molecular weight is 318 g/mol. The van der Waals surface area contributed by atoms with Crippen LogP contribution in [0.25, 0.3) is 0 Å². The van der Waals surface area contributed by atoms with Gasteiger partial charge in [0.2, 0.25) is 0 Å². The number of fused-ring (bicyclic) bond motifs is 1. The number of nitrogens with one attached hydrogen (secondary N) is 1. The van der Waals surface area contributed by atoms with Crippen LogP contribution in [0.15, 0.2) is 16.9 Å². The third-order valence-corrected chi connectivity index (χ3v) is 5.11. The topological polar surface area (TPSA) is 76.9 Å². The van der Waals surface area contributed by atoms with Crippen molar-refractivity contribution in [3.63, 3.8) is 0 Å². The average Bonchev–Trinajstić information content (AvgIpc) is 2.94. The van der Waals surface area contributed by atoms with Crippen molar-refractivity contribution >= 4 is 17.2 Å². The molecule has 2 aromatic rings. The van der Waals surface area contributed by atoms with E-state index in [2.05, 4.69) is 15.4 Å². The van der Waals surface area contributed by atoms with Gasteiger partial charge in [0.1, 0.15) is 10.7 Å². The number of amides is 1. The third-order valence-electron chi connectivity index (χ3n) is 3.77. The monoisotopic (exact) mass is 318 g/mol. The number of carbonyl (C=O) groups excluding carboxylic acids is 1. The van der Waals surface area contributed by atoms with Crippen molar-refractivity contribution in [2.24, 2.45) is 7.05 Å². The fraction of sp³-hybridized carbons (Fsp3) is 0.467. The first-order valence-electron chi connectivity index (χ1n) is 7.38. The van der Waals surface area contributed by atoms with Gasteiger partial charge in [-0.1, -0.05) is 0 Å². The zero-order valence-electron chi connectivity index (χ0n) is 12.6. The van der Waals surface area contributed by atoms with Crippen molar-refractivity contribution in [3.05, 3.63) is 43.8 Å². The fourth-order valence-corrected chi connectivity index (χ4v) is 3.67. The fourth-order valence-electron chi connectivity index (χ4n) is 2.51. The Hall–Kier alpha value is -2.02. The second-order valence-electron chi connectivity index (χ2n) is 5.50. The maximum Gasteiger partial charge on any atom is 0.272 e. The quantitative estimate of drug-likeness (QED) is 0.932. The molecule has 22 heavy (non-hydrogen) atoms. The SMILES string of the molecule is CC(NC(=O)c1ccc(=O)n(C)n1)c1nc2c(s1)CCCC2. The van der Waals surface area contributed by atoms with Gasteiger partial charge in [0.15, 0.2) is 0 Å². The van der Waals surface area contributed by atoms with Gasteiger partial charge >= 0.3 is 0 Å². The Bertz CT molecular complexity index is 742. The maximum absolute atomic E-state index is 12.2. The molecule has 0 aliphatic heterocycles. The number of thiazole rings is 1. The van der Waals surface area contributed by atoms with Gasteiger partial charge in [0, 0.05) is 18.0 Å². The number of rotatable bonds is 3. The van der Waals surface area contributed by atoms with Crippen molar-refractivity contribution < 1.29 is 4.79 Å². The van der Waals surface area contributed by atoms with Crippen molar-refractivity contribution in [1.29, 1.82) is 0 Å². The largest absolute Gasteiger partial charge is 0.342 e.